The van der Waals surface area contributed by atoms with Crippen LogP contribution >= 0.6 is 11.6 Å². The monoisotopic (exact) mass is 445 g/mol. The number of benzene rings is 1. The molecule has 4 N–H and O–H groups in total. The molecule has 0 bridgehead atoms. The van der Waals surface area contributed by atoms with Crippen molar-refractivity contribution in [1.29, 1.82) is 0 Å². The van der Waals surface area contributed by atoms with Gasteiger partial charge in [0, 0.05) is 19.9 Å². The molecule has 31 heavy (non-hydrogen) atoms. The molecule has 0 fully saturated rings. The van der Waals surface area contributed by atoms with E-state index in [2.05, 4.69) is 31.0 Å². The van der Waals surface area contributed by atoms with Crippen molar-refractivity contribution in [2.24, 2.45) is 0 Å². The van der Waals surface area contributed by atoms with Gasteiger partial charge >= 0.3 is 0 Å². The van der Waals surface area contributed by atoms with Crippen LogP contribution in [0.4, 0.5) is 17.5 Å². The maximum Gasteiger partial charge on any atom is 0.247 e. The predicted octanol–water partition coefficient (Wildman–Crippen LogP) is 1.98. The number of methoxy groups -OCH3 is 1. The third-order valence-corrected chi connectivity index (χ3v) is 4.52. The Morgan fingerprint density at radius 3 is 2.84 bits per heavy atom. The summed E-state index contributed by atoms with van der Waals surface area (Å²) >= 11 is 6.30. The molecule has 2 heterocycles. The third kappa shape index (κ3) is 6.38. The van der Waals surface area contributed by atoms with Crippen molar-refractivity contribution in [2.45, 2.75) is 12.6 Å². The van der Waals surface area contributed by atoms with E-state index in [-0.39, 0.29) is 23.5 Å². The highest BCUT2D eigenvalue weighted by Gasteiger charge is 2.22. The van der Waals surface area contributed by atoms with E-state index in [1.807, 2.05) is 30.3 Å². The van der Waals surface area contributed by atoms with Gasteiger partial charge in [-0.15, -0.1) is 0 Å². The highest BCUT2D eigenvalue weighted by Crippen LogP contribution is 2.26. The molecule has 0 saturated carbocycles. The lowest BCUT2D eigenvalue weighted by atomic mass is 10.1. The van der Waals surface area contributed by atoms with Crippen LogP contribution in [0.25, 0.3) is 0 Å². The number of carbonyl (C=O) groups excluding carboxylic acids is 1. The summed E-state index contributed by atoms with van der Waals surface area (Å²) in [5.41, 5.74) is 1.41. The Morgan fingerprint density at radius 2 is 2.10 bits per heavy atom. The Morgan fingerprint density at radius 1 is 1.29 bits per heavy atom. The van der Waals surface area contributed by atoms with Crippen molar-refractivity contribution in [3.63, 3.8) is 0 Å². The number of amides is 1. The highest BCUT2D eigenvalue weighted by molar-refractivity contribution is 6.32. The number of rotatable bonds is 11. The second-order valence-electron chi connectivity index (χ2n) is 6.50. The summed E-state index contributed by atoms with van der Waals surface area (Å²) in [5.74, 6) is 0.345. The van der Waals surface area contributed by atoms with Crippen molar-refractivity contribution < 1.29 is 14.6 Å². The molecule has 3 rings (SSSR count). The highest BCUT2D eigenvalue weighted by atomic mass is 35.5. The van der Waals surface area contributed by atoms with Gasteiger partial charge in [0.05, 0.1) is 37.8 Å². The number of aliphatic hydroxyl groups is 1. The van der Waals surface area contributed by atoms with Crippen LogP contribution in [0.5, 0.6) is 0 Å². The molecular formula is C20H24ClN7O3. The van der Waals surface area contributed by atoms with Gasteiger partial charge in [0.15, 0.2) is 5.82 Å². The summed E-state index contributed by atoms with van der Waals surface area (Å²) in [6, 6.07) is 8.55. The lowest BCUT2D eigenvalue weighted by Gasteiger charge is -2.20. The summed E-state index contributed by atoms with van der Waals surface area (Å²) in [6.07, 6.45) is 4.76. The molecule has 0 aliphatic rings. The largest absolute Gasteiger partial charge is 0.394 e. The quantitative estimate of drug-likeness (QED) is 0.330. The molecule has 1 unspecified atom stereocenters. The molecule has 1 aromatic carbocycles. The van der Waals surface area contributed by atoms with Gasteiger partial charge in [-0.1, -0.05) is 41.9 Å². The summed E-state index contributed by atoms with van der Waals surface area (Å²) in [6.45, 7) is 1.15. The number of hydrogen-bond donors (Lipinski definition) is 4. The van der Waals surface area contributed by atoms with Crippen molar-refractivity contribution >= 4 is 35.0 Å². The van der Waals surface area contributed by atoms with Gasteiger partial charge in [-0.2, -0.15) is 10.1 Å². The van der Waals surface area contributed by atoms with E-state index >= 15 is 0 Å². The van der Waals surface area contributed by atoms with E-state index in [4.69, 9.17) is 21.4 Å². The first-order valence-electron chi connectivity index (χ1n) is 9.61. The van der Waals surface area contributed by atoms with Crippen molar-refractivity contribution in [1.82, 2.24) is 25.1 Å². The number of nitrogens with zero attached hydrogens (tertiary/aromatic N) is 4. The summed E-state index contributed by atoms with van der Waals surface area (Å²) in [7, 11) is 1.57. The SMILES string of the molecule is COCCNC(=O)C(Nc1nc(Nc2cnn(CCO)c2)ncc1Cl)c1ccccc1. The maximum atomic E-state index is 12.8. The van der Waals surface area contributed by atoms with Crippen molar-refractivity contribution in [2.75, 3.05) is 37.5 Å². The number of aromatic nitrogens is 4. The van der Waals surface area contributed by atoms with Gasteiger partial charge in [-0.3, -0.25) is 9.48 Å². The van der Waals surface area contributed by atoms with Crippen LogP contribution in [0.3, 0.4) is 0 Å². The predicted molar refractivity (Wildman–Crippen MR) is 117 cm³/mol. The third-order valence-electron chi connectivity index (χ3n) is 4.24. The second-order valence-corrected chi connectivity index (χ2v) is 6.91. The minimum atomic E-state index is -0.717. The van der Waals surface area contributed by atoms with Gasteiger partial charge in [-0.25, -0.2) is 4.98 Å². The molecule has 164 valence electrons. The van der Waals surface area contributed by atoms with E-state index in [9.17, 15) is 4.79 Å². The van der Waals surface area contributed by atoms with Gasteiger partial charge in [0.2, 0.25) is 11.9 Å². The average Bonchev–Trinajstić information content (AvgIpc) is 3.22. The van der Waals surface area contributed by atoms with Crippen LogP contribution in [0.2, 0.25) is 5.02 Å². The van der Waals surface area contributed by atoms with E-state index < -0.39 is 6.04 Å². The molecule has 1 amide bonds. The Bertz CT molecular complexity index is 984. The summed E-state index contributed by atoms with van der Waals surface area (Å²) in [5, 5.41) is 22.4. The minimum Gasteiger partial charge on any atom is -0.394 e. The van der Waals surface area contributed by atoms with Gasteiger partial charge in [0.25, 0.3) is 0 Å². The Hall–Kier alpha value is -3.21. The van der Waals surface area contributed by atoms with Gasteiger partial charge < -0.3 is 25.8 Å². The number of anilines is 3. The molecule has 2 aromatic heterocycles. The van der Waals surface area contributed by atoms with E-state index in [0.717, 1.165) is 5.56 Å². The average molecular weight is 446 g/mol. The van der Waals surface area contributed by atoms with Crippen molar-refractivity contribution in [3.8, 4) is 0 Å². The molecule has 10 nitrogen and oxygen atoms in total. The molecule has 0 spiro atoms. The first-order valence-corrected chi connectivity index (χ1v) is 9.99. The van der Waals surface area contributed by atoms with E-state index in [1.54, 1.807) is 24.2 Å². The second kappa shape index (κ2) is 11.3. The fourth-order valence-corrected chi connectivity index (χ4v) is 2.92. The smallest absolute Gasteiger partial charge is 0.247 e. The molecular weight excluding hydrogens is 422 g/mol. The fourth-order valence-electron chi connectivity index (χ4n) is 2.77. The number of aliphatic hydroxyl groups excluding tert-OH is 1. The number of ether oxygens (including phenoxy) is 1. The topological polar surface area (TPSA) is 126 Å². The van der Waals surface area contributed by atoms with E-state index in [0.29, 0.717) is 31.2 Å². The standard InChI is InChI=1S/C20H24ClN7O3/c1-31-10-7-22-19(30)17(14-5-3-2-4-6-14)26-18-16(21)12-23-20(27-18)25-15-11-24-28(13-15)8-9-29/h2-6,11-13,17,29H,7-10H2,1H3,(H,22,30)(H2,23,25,26,27). The molecule has 11 heteroatoms. The molecule has 0 aliphatic carbocycles. The zero-order chi connectivity index (χ0) is 22.1. The molecule has 1 atom stereocenters. The number of hydrogen-bond acceptors (Lipinski definition) is 8. The zero-order valence-electron chi connectivity index (χ0n) is 17.0. The van der Waals surface area contributed by atoms with Crippen LogP contribution < -0.4 is 16.0 Å². The van der Waals surface area contributed by atoms with Crippen LogP contribution in [-0.2, 0) is 16.1 Å². The summed E-state index contributed by atoms with van der Waals surface area (Å²) in [4.78, 5) is 21.4. The van der Waals surface area contributed by atoms with Crippen LogP contribution in [0.15, 0.2) is 48.9 Å². The van der Waals surface area contributed by atoms with Crippen LogP contribution in [0, 0.1) is 0 Å². The normalized spacial score (nSPS) is 11.7. The first kappa shape index (κ1) is 22.5. The zero-order valence-corrected chi connectivity index (χ0v) is 17.7. The molecule has 0 aliphatic heterocycles. The Kier molecular flexibility index (Phi) is 8.16. The maximum absolute atomic E-state index is 12.8. The Labute approximate surface area is 184 Å². The lowest BCUT2D eigenvalue weighted by Crippen LogP contribution is -2.35. The van der Waals surface area contributed by atoms with Crippen molar-refractivity contribution in [3.05, 3.63) is 59.5 Å². The van der Waals surface area contributed by atoms with E-state index in [1.165, 1.54) is 6.20 Å². The van der Waals surface area contributed by atoms with Crippen LogP contribution in [0.1, 0.15) is 11.6 Å². The Balaban J connectivity index is 1.79. The lowest BCUT2D eigenvalue weighted by molar-refractivity contribution is -0.122. The number of carbonyl (C=O) groups is 1. The van der Waals surface area contributed by atoms with Gasteiger partial charge in [-0.05, 0) is 5.56 Å². The molecule has 0 radical (unpaired) electrons. The molecule has 0 saturated heterocycles. The number of halogens is 1. The summed E-state index contributed by atoms with van der Waals surface area (Å²) < 4.78 is 6.59. The first-order chi connectivity index (χ1) is 15.1. The molecule has 3 aromatic rings. The van der Waals surface area contributed by atoms with Crippen LogP contribution in [-0.4, -0.2) is 57.6 Å². The van der Waals surface area contributed by atoms with Gasteiger partial charge in [0.1, 0.15) is 11.1 Å². The minimum absolute atomic E-state index is 0.0139. The number of nitrogens with one attached hydrogen (secondary N) is 3. The fraction of sp³-hybridized carbons (Fsp3) is 0.300.